The highest BCUT2D eigenvalue weighted by Crippen LogP contribution is 2.17. The van der Waals surface area contributed by atoms with Crippen LogP contribution < -0.4 is 0 Å². The molecule has 0 radical (unpaired) electrons. The van der Waals surface area contributed by atoms with Gasteiger partial charge in [0, 0.05) is 17.9 Å². The summed E-state index contributed by atoms with van der Waals surface area (Å²) >= 11 is 0. The number of esters is 1. The molecule has 0 bridgehead atoms. The molecule has 0 amide bonds. The van der Waals surface area contributed by atoms with Crippen LogP contribution in [0.25, 0.3) is 0 Å². The molecule has 3 nitrogen and oxygen atoms in total. The standard InChI is InChI=1S/C15H26O3/c1-6-8-9-13(7-2)14(16)10-12(5)18-15(17)11(3)4/h12-13H,3,6-10H2,1-2,4-5H3. The molecule has 0 spiro atoms. The summed E-state index contributed by atoms with van der Waals surface area (Å²) in [4.78, 5) is 23.3. The number of rotatable bonds is 9. The van der Waals surface area contributed by atoms with Crippen LogP contribution in [0.15, 0.2) is 12.2 Å². The van der Waals surface area contributed by atoms with Crippen LogP contribution in [0.4, 0.5) is 0 Å². The minimum atomic E-state index is -0.420. The van der Waals surface area contributed by atoms with Crippen LogP contribution in [-0.4, -0.2) is 17.9 Å². The van der Waals surface area contributed by atoms with Gasteiger partial charge in [-0.1, -0.05) is 33.3 Å². The second-order valence-corrected chi connectivity index (χ2v) is 4.91. The molecule has 0 fully saturated rings. The van der Waals surface area contributed by atoms with Gasteiger partial charge in [-0.25, -0.2) is 4.79 Å². The smallest absolute Gasteiger partial charge is 0.333 e. The van der Waals surface area contributed by atoms with Crippen LogP contribution in [0.5, 0.6) is 0 Å². The molecule has 0 heterocycles. The van der Waals surface area contributed by atoms with E-state index in [9.17, 15) is 9.59 Å². The molecule has 0 aliphatic rings. The predicted molar refractivity (Wildman–Crippen MR) is 73.3 cm³/mol. The van der Waals surface area contributed by atoms with Crippen molar-refractivity contribution in [2.24, 2.45) is 5.92 Å². The van der Waals surface area contributed by atoms with E-state index < -0.39 is 5.97 Å². The second kappa shape index (κ2) is 8.90. The Bertz CT molecular complexity index is 294. The molecular formula is C15H26O3. The van der Waals surface area contributed by atoms with Gasteiger partial charge in [-0.2, -0.15) is 0 Å². The van der Waals surface area contributed by atoms with Crippen molar-refractivity contribution < 1.29 is 14.3 Å². The van der Waals surface area contributed by atoms with E-state index in [0.717, 1.165) is 25.7 Å². The van der Waals surface area contributed by atoms with Gasteiger partial charge in [0.05, 0.1) is 0 Å². The lowest BCUT2D eigenvalue weighted by molar-refractivity contribution is -0.145. The van der Waals surface area contributed by atoms with E-state index >= 15 is 0 Å². The Balaban J connectivity index is 4.19. The molecule has 0 aromatic heterocycles. The van der Waals surface area contributed by atoms with E-state index in [1.807, 2.05) is 6.92 Å². The highest BCUT2D eigenvalue weighted by atomic mass is 16.5. The van der Waals surface area contributed by atoms with Crippen LogP contribution in [-0.2, 0) is 14.3 Å². The average Bonchev–Trinajstić information content (AvgIpc) is 2.29. The third kappa shape index (κ3) is 6.58. The minimum absolute atomic E-state index is 0.107. The summed E-state index contributed by atoms with van der Waals surface area (Å²) in [6, 6.07) is 0. The van der Waals surface area contributed by atoms with E-state index in [1.165, 1.54) is 0 Å². The van der Waals surface area contributed by atoms with Gasteiger partial charge < -0.3 is 4.74 Å². The fraction of sp³-hybridized carbons (Fsp3) is 0.733. The first-order valence-corrected chi connectivity index (χ1v) is 6.81. The molecule has 0 rings (SSSR count). The summed E-state index contributed by atoms with van der Waals surface area (Å²) in [6.45, 7) is 11.0. The van der Waals surface area contributed by atoms with E-state index in [-0.39, 0.29) is 17.8 Å². The maximum Gasteiger partial charge on any atom is 0.333 e. The summed E-state index contributed by atoms with van der Waals surface area (Å²) in [5.74, 6) is -0.110. The molecule has 18 heavy (non-hydrogen) atoms. The predicted octanol–water partition coefficient (Wildman–Crippen LogP) is 3.67. The lowest BCUT2D eigenvalue weighted by Gasteiger charge is -2.17. The van der Waals surface area contributed by atoms with E-state index in [1.54, 1.807) is 13.8 Å². The Morgan fingerprint density at radius 1 is 1.28 bits per heavy atom. The lowest BCUT2D eigenvalue weighted by atomic mass is 9.92. The molecule has 104 valence electrons. The quantitative estimate of drug-likeness (QED) is 0.466. The molecule has 0 N–H and O–H groups in total. The molecular weight excluding hydrogens is 228 g/mol. The Morgan fingerprint density at radius 2 is 1.89 bits per heavy atom. The lowest BCUT2D eigenvalue weighted by Crippen LogP contribution is -2.23. The van der Waals surface area contributed by atoms with Crippen LogP contribution in [0.1, 0.15) is 59.8 Å². The van der Waals surface area contributed by atoms with Gasteiger partial charge in [0.1, 0.15) is 11.9 Å². The maximum atomic E-state index is 12.0. The molecule has 2 unspecified atom stereocenters. The zero-order chi connectivity index (χ0) is 14.1. The number of carbonyl (C=O) groups excluding carboxylic acids is 2. The highest BCUT2D eigenvalue weighted by Gasteiger charge is 2.20. The van der Waals surface area contributed by atoms with Gasteiger partial charge in [-0.15, -0.1) is 0 Å². The first-order valence-electron chi connectivity index (χ1n) is 6.81. The molecule has 0 aromatic rings. The topological polar surface area (TPSA) is 43.4 Å². The van der Waals surface area contributed by atoms with E-state index in [0.29, 0.717) is 12.0 Å². The van der Waals surface area contributed by atoms with Gasteiger partial charge >= 0.3 is 5.97 Å². The molecule has 0 aliphatic carbocycles. The fourth-order valence-electron chi connectivity index (χ4n) is 1.82. The molecule has 3 heteroatoms. The Morgan fingerprint density at radius 3 is 2.33 bits per heavy atom. The van der Waals surface area contributed by atoms with Crippen molar-refractivity contribution in [1.29, 1.82) is 0 Å². The van der Waals surface area contributed by atoms with Gasteiger partial charge in [-0.05, 0) is 26.7 Å². The SMILES string of the molecule is C=C(C)C(=O)OC(C)CC(=O)C(CC)CCCC. The number of hydrogen-bond donors (Lipinski definition) is 0. The zero-order valence-electron chi connectivity index (χ0n) is 12.1. The molecule has 2 atom stereocenters. The fourth-order valence-corrected chi connectivity index (χ4v) is 1.82. The Hall–Kier alpha value is -1.12. The van der Waals surface area contributed by atoms with E-state index in [4.69, 9.17) is 4.74 Å². The monoisotopic (exact) mass is 254 g/mol. The summed E-state index contributed by atoms with van der Waals surface area (Å²) in [5.41, 5.74) is 0.368. The minimum Gasteiger partial charge on any atom is -0.459 e. The van der Waals surface area contributed by atoms with Crippen molar-refractivity contribution >= 4 is 11.8 Å². The summed E-state index contributed by atoms with van der Waals surface area (Å²) in [5, 5.41) is 0. The van der Waals surface area contributed by atoms with Crippen molar-refractivity contribution in [3.8, 4) is 0 Å². The summed E-state index contributed by atoms with van der Waals surface area (Å²) < 4.78 is 5.12. The number of hydrogen-bond acceptors (Lipinski definition) is 3. The van der Waals surface area contributed by atoms with Crippen molar-refractivity contribution in [1.82, 2.24) is 0 Å². The van der Waals surface area contributed by atoms with E-state index in [2.05, 4.69) is 13.5 Å². The van der Waals surface area contributed by atoms with Crippen LogP contribution in [0.3, 0.4) is 0 Å². The Kier molecular flexibility index (Phi) is 8.34. The van der Waals surface area contributed by atoms with Gasteiger partial charge in [0.25, 0.3) is 0 Å². The summed E-state index contributed by atoms with van der Waals surface area (Å²) in [6.07, 6.45) is 3.92. The number of ketones is 1. The zero-order valence-corrected chi connectivity index (χ0v) is 12.1. The van der Waals surface area contributed by atoms with Gasteiger partial charge in [0.15, 0.2) is 0 Å². The second-order valence-electron chi connectivity index (χ2n) is 4.91. The number of unbranched alkanes of at least 4 members (excludes halogenated alkanes) is 1. The third-order valence-corrected chi connectivity index (χ3v) is 3.00. The van der Waals surface area contributed by atoms with Crippen molar-refractivity contribution in [2.75, 3.05) is 0 Å². The third-order valence-electron chi connectivity index (χ3n) is 3.00. The summed E-state index contributed by atoms with van der Waals surface area (Å²) in [7, 11) is 0. The highest BCUT2D eigenvalue weighted by molar-refractivity contribution is 5.87. The molecule has 0 aliphatic heterocycles. The average molecular weight is 254 g/mol. The number of carbonyl (C=O) groups is 2. The van der Waals surface area contributed by atoms with Crippen LogP contribution >= 0.6 is 0 Å². The molecule has 0 aromatic carbocycles. The number of ether oxygens (including phenoxy) is 1. The van der Waals surface area contributed by atoms with Gasteiger partial charge in [0.2, 0.25) is 0 Å². The van der Waals surface area contributed by atoms with Crippen molar-refractivity contribution in [3.63, 3.8) is 0 Å². The van der Waals surface area contributed by atoms with Crippen LogP contribution in [0, 0.1) is 5.92 Å². The number of Topliss-reactive ketones (excluding diaryl/α,β-unsaturated/α-hetero) is 1. The normalized spacial score (nSPS) is 13.8. The first kappa shape index (κ1) is 16.9. The van der Waals surface area contributed by atoms with Crippen molar-refractivity contribution in [3.05, 3.63) is 12.2 Å². The maximum absolute atomic E-state index is 12.0. The van der Waals surface area contributed by atoms with Crippen LogP contribution in [0.2, 0.25) is 0 Å². The molecule has 0 saturated heterocycles. The van der Waals surface area contributed by atoms with Gasteiger partial charge in [-0.3, -0.25) is 4.79 Å². The Labute approximate surface area is 111 Å². The first-order chi connectivity index (χ1) is 8.42. The van der Waals surface area contributed by atoms with Crippen molar-refractivity contribution in [2.45, 2.75) is 65.9 Å². The molecule has 0 saturated carbocycles. The largest absolute Gasteiger partial charge is 0.459 e.